The van der Waals surface area contributed by atoms with E-state index in [-0.39, 0.29) is 6.03 Å². The topological polar surface area (TPSA) is 78.9 Å². The van der Waals surface area contributed by atoms with E-state index in [9.17, 15) is 9.59 Å². The number of anilines is 1. The lowest BCUT2D eigenvalue weighted by atomic mass is 9.85. The number of carboxylic acid groups (broad SMARTS) is 1. The number of benzene rings is 1. The zero-order valence-electron chi connectivity index (χ0n) is 12.0. The SMILES string of the molecule is CN(CC1CCC1)C(=O)Nc1cccc(OCC(=O)O)c1. The molecule has 0 saturated heterocycles. The average Bonchev–Trinajstić information content (AvgIpc) is 2.40. The second-order valence-electron chi connectivity index (χ2n) is 5.32. The molecule has 0 aliphatic heterocycles. The molecule has 1 aromatic rings. The van der Waals surface area contributed by atoms with Gasteiger partial charge in [0.1, 0.15) is 5.75 Å². The summed E-state index contributed by atoms with van der Waals surface area (Å²) in [5, 5.41) is 11.4. The molecule has 0 spiro atoms. The van der Waals surface area contributed by atoms with Crippen molar-refractivity contribution in [3.05, 3.63) is 24.3 Å². The molecule has 1 fully saturated rings. The Labute approximate surface area is 123 Å². The Balaban J connectivity index is 1.87. The van der Waals surface area contributed by atoms with Gasteiger partial charge in [0.2, 0.25) is 0 Å². The van der Waals surface area contributed by atoms with E-state index in [1.807, 2.05) is 0 Å². The summed E-state index contributed by atoms with van der Waals surface area (Å²) in [4.78, 5) is 24.2. The van der Waals surface area contributed by atoms with Crippen LogP contribution in [0.4, 0.5) is 10.5 Å². The molecule has 0 bridgehead atoms. The monoisotopic (exact) mass is 292 g/mol. The number of nitrogens with one attached hydrogen (secondary N) is 1. The Bertz CT molecular complexity index is 514. The van der Waals surface area contributed by atoms with E-state index in [4.69, 9.17) is 9.84 Å². The first-order valence-electron chi connectivity index (χ1n) is 7.01. The number of urea groups is 1. The summed E-state index contributed by atoms with van der Waals surface area (Å²) in [7, 11) is 1.78. The molecule has 0 aromatic heterocycles. The predicted molar refractivity (Wildman–Crippen MR) is 78.6 cm³/mol. The van der Waals surface area contributed by atoms with Crippen molar-refractivity contribution >= 4 is 17.7 Å². The van der Waals surface area contributed by atoms with Crippen LogP contribution in [0.25, 0.3) is 0 Å². The lowest BCUT2D eigenvalue weighted by Gasteiger charge is -2.30. The van der Waals surface area contributed by atoms with Gasteiger partial charge in [-0.15, -0.1) is 0 Å². The van der Waals surface area contributed by atoms with Crippen LogP contribution in [0.2, 0.25) is 0 Å². The maximum Gasteiger partial charge on any atom is 0.341 e. The molecule has 1 aromatic carbocycles. The number of carbonyl (C=O) groups is 2. The van der Waals surface area contributed by atoms with Gasteiger partial charge in [-0.1, -0.05) is 12.5 Å². The minimum absolute atomic E-state index is 0.169. The molecule has 1 aliphatic rings. The van der Waals surface area contributed by atoms with Gasteiger partial charge in [-0.2, -0.15) is 0 Å². The van der Waals surface area contributed by atoms with Gasteiger partial charge in [-0.25, -0.2) is 9.59 Å². The molecule has 0 atom stereocenters. The third-order valence-corrected chi connectivity index (χ3v) is 3.55. The van der Waals surface area contributed by atoms with Crippen molar-refractivity contribution in [1.29, 1.82) is 0 Å². The first-order valence-corrected chi connectivity index (χ1v) is 7.01. The van der Waals surface area contributed by atoms with Crippen molar-refractivity contribution in [3.63, 3.8) is 0 Å². The van der Waals surface area contributed by atoms with E-state index in [0.717, 1.165) is 6.54 Å². The summed E-state index contributed by atoms with van der Waals surface area (Å²) in [6, 6.07) is 6.54. The molecule has 0 unspecified atom stereocenters. The van der Waals surface area contributed by atoms with E-state index >= 15 is 0 Å². The van der Waals surface area contributed by atoms with Gasteiger partial charge in [0.05, 0.1) is 0 Å². The number of amides is 2. The lowest BCUT2D eigenvalue weighted by Crippen LogP contribution is -2.37. The van der Waals surface area contributed by atoms with Crippen molar-refractivity contribution in [2.45, 2.75) is 19.3 Å². The van der Waals surface area contributed by atoms with Gasteiger partial charge >= 0.3 is 12.0 Å². The van der Waals surface area contributed by atoms with Crippen molar-refractivity contribution < 1.29 is 19.4 Å². The number of nitrogens with zero attached hydrogens (tertiary/aromatic N) is 1. The van der Waals surface area contributed by atoms with E-state index in [0.29, 0.717) is 17.4 Å². The molecule has 0 heterocycles. The smallest absolute Gasteiger partial charge is 0.341 e. The largest absolute Gasteiger partial charge is 0.482 e. The van der Waals surface area contributed by atoms with E-state index in [1.54, 1.807) is 36.2 Å². The summed E-state index contributed by atoms with van der Waals surface area (Å²) in [6.45, 7) is 0.361. The number of rotatable bonds is 6. The standard InChI is InChI=1S/C15H20N2O4/c1-17(9-11-4-2-5-11)15(20)16-12-6-3-7-13(8-12)21-10-14(18)19/h3,6-8,11H,2,4-5,9-10H2,1H3,(H,16,20)(H,18,19). The summed E-state index contributed by atoms with van der Waals surface area (Å²) in [5.74, 6) is -0.00694. The molecule has 21 heavy (non-hydrogen) atoms. The quantitative estimate of drug-likeness (QED) is 0.844. The van der Waals surface area contributed by atoms with Crippen molar-refractivity contribution in [1.82, 2.24) is 4.90 Å². The molecule has 2 rings (SSSR count). The molecule has 1 saturated carbocycles. The highest BCUT2D eigenvalue weighted by Gasteiger charge is 2.21. The molecule has 2 N–H and O–H groups in total. The number of aliphatic carboxylic acids is 1. The van der Waals surface area contributed by atoms with Crippen molar-refractivity contribution in [2.24, 2.45) is 5.92 Å². The summed E-state index contributed by atoms with van der Waals surface area (Å²) < 4.78 is 5.08. The van der Waals surface area contributed by atoms with Gasteiger partial charge < -0.3 is 20.1 Å². The molecule has 1 aliphatic carbocycles. The Morgan fingerprint density at radius 1 is 1.43 bits per heavy atom. The van der Waals surface area contributed by atoms with Crippen LogP contribution in [0.1, 0.15) is 19.3 Å². The van der Waals surface area contributed by atoms with Gasteiger partial charge in [-0.05, 0) is 30.9 Å². The van der Waals surface area contributed by atoms with Crippen LogP contribution in [0.15, 0.2) is 24.3 Å². The summed E-state index contributed by atoms with van der Waals surface area (Å²) in [5.41, 5.74) is 0.586. The highest BCUT2D eigenvalue weighted by atomic mass is 16.5. The second-order valence-corrected chi connectivity index (χ2v) is 5.32. The van der Waals surface area contributed by atoms with Crippen LogP contribution >= 0.6 is 0 Å². The minimum atomic E-state index is -1.04. The van der Waals surface area contributed by atoms with Crippen molar-refractivity contribution in [3.8, 4) is 5.75 Å². The van der Waals surface area contributed by atoms with Gasteiger partial charge in [0.15, 0.2) is 6.61 Å². The average molecular weight is 292 g/mol. The van der Waals surface area contributed by atoms with Crippen LogP contribution in [0.3, 0.4) is 0 Å². The molecule has 114 valence electrons. The highest BCUT2D eigenvalue weighted by molar-refractivity contribution is 5.89. The first-order chi connectivity index (χ1) is 10.0. The fourth-order valence-electron chi connectivity index (χ4n) is 2.17. The molecular formula is C15H20N2O4. The fraction of sp³-hybridized carbons (Fsp3) is 0.467. The van der Waals surface area contributed by atoms with Crippen LogP contribution in [-0.4, -0.2) is 42.2 Å². The van der Waals surface area contributed by atoms with Crippen LogP contribution in [0, 0.1) is 5.92 Å². The van der Waals surface area contributed by atoms with Crippen LogP contribution in [-0.2, 0) is 4.79 Å². The van der Waals surface area contributed by atoms with Crippen molar-refractivity contribution in [2.75, 3.05) is 25.5 Å². The van der Waals surface area contributed by atoms with E-state index in [2.05, 4.69) is 5.32 Å². The maximum absolute atomic E-state index is 12.0. The lowest BCUT2D eigenvalue weighted by molar-refractivity contribution is -0.139. The maximum atomic E-state index is 12.0. The van der Waals surface area contributed by atoms with Gasteiger partial charge in [0.25, 0.3) is 0 Å². The number of carboxylic acids is 1. The number of carbonyl (C=O) groups excluding carboxylic acids is 1. The van der Waals surface area contributed by atoms with E-state index in [1.165, 1.54) is 19.3 Å². The molecule has 6 heteroatoms. The number of hydrogen-bond donors (Lipinski definition) is 2. The van der Waals surface area contributed by atoms with Gasteiger partial charge in [0, 0.05) is 25.3 Å². The molecule has 6 nitrogen and oxygen atoms in total. The predicted octanol–water partition coefficient (Wildman–Crippen LogP) is 2.41. The highest BCUT2D eigenvalue weighted by Crippen LogP contribution is 2.27. The second kappa shape index (κ2) is 6.97. The Hall–Kier alpha value is -2.24. The zero-order valence-corrected chi connectivity index (χ0v) is 12.0. The molecular weight excluding hydrogens is 272 g/mol. The van der Waals surface area contributed by atoms with Crippen LogP contribution < -0.4 is 10.1 Å². The van der Waals surface area contributed by atoms with Crippen LogP contribution in [0.5, 0.6) is 5.75 Å². The third kappa shape index (κ3) is 4.66. The minimum Gasteiger partial charge on any atom is -0.482 e. The summed E-state index contributed by atoms with van der Waals surface area (Å²) >= 11 is 0. The zero-order chi connectivity index (χ0) is 15.2. The molecule has 0 radical (unpaired) electrons. The first kappa shape index (κ1) is 15.2. The Morgan fingerprint density at radius 2 is 2.19 bits per heavy atom. The summed E-state index contributed by atoms with van der Waals surface area (Å²) in [6.07, 6.45) is 3.63. The van der Waals surface area contributed by atoms with Gasteiger partial charge in [-0.3, -0.25) is 0 Å². The Morgan fingerprint density at radius 3 is 2.81 bits per heavy atom. The van der Waals surface area contributed by atoms with E-state index < -0.39 is 12.6 Å². The molecule has 2 amide bonds. The number of hydrogen-bond acceptors (Lipinski definition) is 3. The third-order valence-electron chi connectivity index (χ3n) is 3.55. The normalized spacial score (nSPS) is 14.1. The number of ether oxygens (including phenoxy) is 1. The Kier molecular flexibility index (Phi) is 5.03. The fourth-order valence-corrected chi connectivity index (χ4v) is 2.17.